The van der Waals surface area contributed by atoms with Crippen LogP contribution in [0.1, 0.15) is 26.2 Å². The van der Waals surface area contributed by atoms with Gasteiger partial charge >= 0.3 is 0 Å². The largest absolute Gasteiger partial charge is 0.300 e. The van der Waals surface area contributed by atoms with Crippen LogP contribution in [0.5, 0.6) is 0 Å². The minimum absolute atomic E-state index is 0.793. The van der Waals surface area contributed by atoms with Crippen LogP contribution in [0.4, 0.5) is 0 Å². The molecule has 2 nitrogen and oxygen atoms in total. The van der Waals surface area contributed by atoms with Crippen molar-refractivity contribution < 1.29 is 0 Å². The normalized spacial score (nSPS) is 30.4. The second-order valence-electron chi connectivity index (χ2n) is 5.05. The molecular weight excluding hydrogens is 204 g/mol. The van der Waals surface area contributed by atoms with Crippen molar-refractivity contribution in [2.75, 3.05) is 38.5 Å². The molecule has 2 atom stereocenters. The van der Waals surface area contributed by atoms with Gasteiger partial charge in [0.1, 0.15) is 0 Å². The van der Waals surface area contributed by atoms with Crippen LogP contribution in [0.2, 0.25) is 0 Å². The molecule has 0 saturated carbocycles. The minimum Gasteiger partial charge on any atom is -0.300 e. The summed E-state index contributed by atoms with van der Waals surface area (Å²) in [6.07, 6.45) is 4.12. The number of thiol groups is 1. The van der Waals surface area contributed by atoms with Crippen LogP contribution in [0.25, 0.3) is 0 Å². The maximum atomic E-state index is 4.43. The van der Waals surface area contributed by atoms with Gasteiger partial charge in [0, 0.05) is 32.2 Å². The van der Waals surface area contributed by atoms with Gasteiger partial charge in [-0.25, -0.2) is 0 Å². The van der Waals surface area contributed by atoms with Gasteiger partial charge in [-0.1, -0.05) is 13.3 Å². The molecule has 0 amide bonds. The van der Waals surface area contributed by atoms with Crippen molar-refractivity contribution in [3.8, 4) is 0 Å². The Labute approximate surface area is 99.4 Å². The molecule has 2 aliphatic rings. The van der Waals surface area contributed by atoms with Gasteiger partial charge in [0.2, 0.25) is 0 Å². The summed E-state index contributed by atoms with van der Waals surface area (Å²) >= 11 is 4.43. The van der Waals surface area contributed by atoms with Gasteiger partial charge in [0.25, 0.3) is 0 Å². The highest BCUT2D eigenvalue weighted by atomic mass is 32.1. The highest BCUT2D eigenvalue weighted by molar-refractivity contribution is 7.80. The third-order valence-electron chi connectivity index (χ3n) is 4.02. The van der Waals surface area contributed by atoms with Gasteiger partial charge in [-0.2, -0.15) is 12.6 Å². The fraction of sp³-hybridized carbons (Fsp3) is 1.00. The van der Waals surface area contributed by atoms with Crippen molar-refractivity contribution in [1.82, 2.24) is 9.80 Å². The van der Waals surface area contributed by atoms with Crippen molar-refractivity contribution in [2.24, 2.45) is 5.92 Å². The molecule has 15 heavy (non-hydrogen) atoms. The molecule has 3 heteroatoms. The molecule has 2 aliphatic heterocycles. The van der Waals surface area contributed by atoms with E-state index < -0.39 is 0 Å². The standard InChI is InChI=1S/C12H24N2S/c1-2-11(10-15)8-13-6-7-14-5-3-4-12(14)9-13/h11-12,15H,2-10H2,1H3. The maximum Gasteiger partial charge on any atom is 0.0224 e. The number of piperazine rings is 1. The van der Waals surface area contributed by atoms with Crippen LogP contribution in [0.3, 0.4) is 0 Å². The fourth-order valence-corrected chi connectivity index (χ4v) is 3.28. The highest BCUT2D eigenvalue weighted by Gasteiger charge is 2.30. The molecule has 2 fully saturated rings. The first-order valence-electron chi connectivity index (χ1n) is 6.40. The van der Waals surface area contributed by atoms with Crippen molar-refractivity contribution in [2.45, 2.75) is 32.2 Å². The molecule has 2 saturated heterocycles. The van der Waals surface area contributed by atoms with Crippen LogP contribution >= 0.6 is 12.6 Å². The second kappa shape index (κ2) is 5.55. The van der Waals surface area contributed by atoms with E-state index in [1.165, 1.54) is 52.0 Å². The molecule has 2 unspecified atom stereocenters. The SMILES string of the molecule is CCC(CS)CN1CCN2CCCC2C1. The average Bonchev–Trinajstić information content (AvgIpc) is 2.73. The van der Waals surface area contributed by atoms with Crippen LogP contribution in [-0.4, -0.2) is 54.3 Å². The van der Waals surface area contributed by atoms with Gasteiger partial charge in [-0.05, 0) is 31.1 Å². The van der Waals surface area contributed by atoms with Crippen molar-refractivity contribution >= 4 is 12.6 Å². The topological polar surface area (TPSA) is 6.48 Å². The quantitative estimate of drug-likeness (QED) is 0.732. The lowest BCUT2D eigenvalue weighted by Gasteiger charge is -2.38. The predicted molar refractivity (Wildman–Crippen MR) is 68.7 cm³/mol. The Morgan fingerprint density at radius 1 is 1.33 bits per heavy atom. The lowest BCUT2D eigenvalue weighted by molar-refractivity contribution is 0.0938. The molecule has 2 rings (SSSR count). The zero-order valence-corrected chi connectivity index (χ0v) is 10.8. The van der Waals surface area contributed by atoms with E-state index in [1.807, 2.05) is 0 Å². The molecule has 0 spiro atoms. The molecule has 0 aromatic rings. The van der Waals surface area contributed by atoms with E-state index in [0.29, 0.717) is 0 Å². The Kier molecular flexibility index (Phi) is 4.35. The highest BCUT2D eigenvalue weighted by Crippen LogP contribution is 2.22. The summed E-state index contributed by atoms with van der Waals surface area (Å²) in [6.45, 7) is 8.79. The Morgan fingerprint density at radius 3 is 2.93 bits per heavy atom. The monoisotopic (exact) mass is 228 g/mol. The number of hydrogen-bond donors (Lipinski definition) is 1. The molecule has 2 heterocycles. The first-order valence-corrected chi connectivity index (χ1v) is 7.04. The summed E-state index contributed by atoms with van der Waals surface area (Å²) in [4.78, 5) is 5.34. The second-order valence-corrected chi connectivity index (χ2v) is 5.41. The van der Waals surface area contributed by atoms with Crippen LogP contribution < -0.4 is 0 Å². The average molecular weight is 228 g/mol. The summed E-state index contributed by atoms with van der Waals surface area (Å²) in [5, 5.41) is 0. The smallest absolute Gasteiger partial charge is 0.0224 e. The third kappa shape index (κ3) is 2.89. The van der Waals surface area contributed by atoms with E-state index >= 15 is 0 Å². The van der Waals surface area contributed by atoms with E-state index in [0.717, 1.165) is 17.7 Å². The molecule has 88 valence electrons. The van der Waals surface area contributed by atoms with Crippen LogP contribution in [0.15, 0.2) is 0 Å². The van der Waals surface area contributed by atoms with Crippen molar-refractivity contribution in [1.29, 1.82) is 0 Å². The Morgan fingerprint density at radius 2 is 2.20 bits per heavy atom. The fourth-order valence-electron chi connectivity index (χ4n) is 2.90. The third-order valence-corrected chi connectivity index (χ3v) is 4.54. The van der Waals surface area contributed by atoms with Gasteiger partial charge < -0.3 is 4.90 Å². The van der Waals surface area contributed by atoms with E-state index in [2.05, 4.69) is 29.4 Å². The number of hydrogen-bond acceptors (Lipinski definition) is 3. The Balaban J connectivity index is 1.79. The van der Waals surface area contributed by atoms with Crippen molar-refractivity contribution in [3.63, 3.8) is 0 Å². The number of fused-ring (bicyclic) bond motifs is 1. The Bertz CT molecular complexity index is 192. The van der Waals surface area contributed by atoms with Gasteiger partial charge in [-0.15, -0.1) is 0 Å². The van der Waals surface area contributed by atoms with E-state index in [-0.39, 0.29) is 0 Å². The number of rotatable bonds is 4. The molecular formula is C12H24N2S. The summed E-state index contributed by atoms with van der Waals surface area (Å²) in [6, 6.07) is 0.871. The lowest BCUT2D eigenvalue weighted by atomic mass is 10.1. The van der Waals surface area contributed by atoms with Crippen LogP contribution in [0, 0.1) is 5.92 Å². The predicted octanol–water partition coefficient (Wildman–Crippen LogP) is 1.72. The first-order chi connectivity index (χ1) is 7.33. The zero-order chi connectivity index (χ0) is 10.7. The minimum atomic E-state index is 0.793. The maximum absolute atomic E-state index is 4.43. The lowest BCUT2D eigenvalue weighted by Crippen LogP contribution is -2.51. The van der Waals surface area contributed by atoms with E-state index in [1.54, 1.807) is 0 Å². The van der Waals surface area contributed by atoms with Gasteiger partial charge in [0.05, 0.1) is 0 Å². The summed E-state index contributed by atoms with van der Waals surface area (Å²) in [5.74, 6) is 1.84. The van der Waals surface area contributed by atoms with E-state index in [4.69, 9.17) is 0 Å². The zero-order valence-electron chi connectivity index (χ0n) is 9.86. The summed E-state index contributed by atoms with van der Waals surface area (Å²) in [5.41, 5.74) is 0. The molecule has 0 bridgehead atoms. The molecule has 0 radical (unpaired) electrons. The van der Waals surface area contributed by atoms with E-state index in [9.17, 15) is 0 Å². The summed E-state index contributed by atoms with van der Waals surface area (Å²) in [7, 11) is 0. The van der Waals surface area contributed by atoms with Gasteiger partial charge in [0.15, 0.2) is 0 Å². The molecule has 0 aromatic heterocycles. The molecule has 0 aromatic carbocycles. The molecule has 0 N–H and O–H groups in total. The molecule has 0 aliphatic carbocycles. The van der Waals surface area contributed by atoms with Crippen LogP contribution in [-0.2, 0) is 0 Å². The van der Waals surface area contributed by atoms with Gasteiger partial charge in [-0.3, -0.25) is 4.90 Å². The summed E-state index contributed by atoms with van der Waals surface area (Å²) < 4.78 is 0. The first kappa shape index (κ1) is 11.7. The number of nitrogens with zero attached hydrogens (tertiary/aromatic N) is 2. The Hall–Kier alpha value is 0.270. The van der Waals surface area contributed by atoms with Crippen molar-refractivity contribution in [3.05, 3.63) is 0 Å².